The SMILES string of the molecule is COCCOCOCCC1C[C@@H]2CN3CCc4c([nH]c5ccc(OC)cc45)C(C(=O)OC)(C2)C13. The fourth-order valence-electron chi connectivity index (χ4n) is 6.86. The number of hydrogen-bond donors (Lipinski definition) is 1. The predicted octanol–water partition coefficient (Wildman–Crippen LogP) is 2.88. The average Bonchev–Trinajstić information content (AvgIpc) is 3.19. The third kappa shape index (κ3) is 3.90. The molecule has 34 heavy (non-hydrogen) atoms. The van der Waals surface area contributed by atoms with Crippen LogP contribution in [0, 0.1) is 11.8 Å². The number of methoxy groups -OCH3 is 3. The highest BCUT2D eigenvalue weighted by atomic mass is 16.7. The van der Waals surface area contributed by atoms with Crippen molar-refractivity contribution in [1.29, 1.82) is 0 Å². The van der Waals surface area contributed by atoms with Crippen molar-refractivity contribution in [1.82, 2.24) is 9.88 Å². The molecule has 4 bridgehead atoms. The number of nitrogens with zero attached hydrogens (tertiary/aromatic N) is 1. The summed E-state index contributed by atoms with van der Waals surface area (Å²) in [5.74, 6) is 1.53. The molecule has 0 radical (unpaired) electrons. The highest BCUT2D eigenvalue weighted by molar-refractivity contribution is 5.92. The molecule has 4 heterocycles. The molecule has 1 aliphatic carbocycles. The molecule has 0 amide bonds. The van der Waals surface area contributed by atoms with E-state index in [1.54, 1.807) is 14.2 Å². The first-order valence-electron chi connectivity index (χ1n) is 12.3. The van der Waals surface area contributed by atoms with Crippen LogP contribution in [0.1, 0.15) is 30.5 Å². The van der Waals surface area contributed by atoms with Crippen LogP contribution < -0.4 is 4.74 Å². The van der Waals surface area contributed by atoms with E-state index < -0.39 is 5.41 Å². The van der Waals surface area contributed by atoms with E-state index in [9.17, 15) is 4.79 Å². The lowest BCUT2D eigenvalue weighted by Crippen LogP contribution is -2.67. The van der Waals surface area contributed by atoms with Gasteiger partial charge in [0.05, 0.1) is 27.4 Å². The maximum atomic E-state index is 13.7. The Hall–Kier alpha value is -2.13. The molecule has 8 heteroatoms. The number of benzene rings is 1. The third-order valence-electron chi connectivity index (χ3n) is 8.07. The number of nitrogens with one attached hydrogen (secondary N) is 1. The molecular weight excluding hydrogens is 436 g/mol. The number of rotatable bonds is 10. The van der Waals surface area contributed by atoms with Crippen molar-refractivity contribution in [3.05, 3.63) is 29.5 Å². The predicted molar refractivity (Wildman–Crippen MR) is 127 cm³/mol. The normalized spacial score (nSPS) is 29.6. The zero-order chi connectivity index (χ0) is 23.7. The van der Waals surface area contributed by atoms with Crippen LogP contribution in [0.2, 0.25) is 0 Å². The van der Waals surface area contributed by atoms with Gasteiger partial charge >= 0.3 is 5.97 Å². The summed E-state index contributed by atoms with van der Waals surface area (Å²) in [6, 6.07) is 6.21. The highest BCUT2D eigenvalue weighted by Gasteiger charge is 2.62. The van der Waals surface area contributed by atoms with Crippen LogP contribution in [0.5, 0.6) is 5.75 Å². The Kier molecular flexibility index (Phi) is 6.84. The Balaban J connectivity index is 1.46. The second-order valence-corrected chi connectivity index (χ2v) is 9.82. The monoisotopic (exact) mass is 472 g/mol. The Bertz CT molecular complexity index is 1020. The summed E-state index contributed by atoms with van der Waals surface area (Å²) in [6.07, 6.45) is 3.75. The van der Waals surface area contributed by atoms with E-state index in [1.165, 1.54) is 12.7 Å². The van der Waals surface area contributed by atoms with Crippen molar-refractivity contribution in [2.75, 3.05) is 61.0 Å². The first kappa shape index (κ1) is 23.6. The van der Waals surface area contributed by atoms with Crippen molar-refractivity contribution >= 4 is 16.9 Å². The lowest BCUT2D eigenvalue weighted by atomic mass is 9.56. The van der Waals surface area contributed by atoms with Crippen molar-refractivity contribution < 1.29 is 28.5 Å². The van der Waals surface area contributed by atoms with Gasteiger partial charge in [0.2, 0.25) is 0 Å². The molecule has 3 fully saturated rings. The van der Waals surface area contributed by atoms with E-state index in [-0.39, 0.29) is 18.8 Å². The number of hydrogen-bond acceptors (Lipinski definition) is 7. The van der Waals surface area contributed by atoms with Crippen LogP contribution in [0.25, 0.3) is 10.9 Å². The lowest BCUT2D eigenvalue weighted by Gasteiger charge is -2.58. The van der Waals surface area contributed by atoms with Crippen molar-refractivity contribution in [2.24, 2.45) is 11.8 Å². The zero-order valence-electron chi connectivity index (χ0n) is 20.4. The smallest absolute Gasteiger partial charge is 0.319 e. The second kappa shape index (κ2) is 9.85. The van der Waals surface area contributed by atoms with Gasteiger partial charge in [-0.05, 0) is 61.3 Å². The first-order valence-corrected chi connectivity index (χ1v) is 12.3. The number of fused-ring (bicyclic) bond motifs is 4. The van der Waals surface area contributed by atoms with Gasteiger partial charge in [0.15, 0.2) is 0 Å². The number of carbonyl (C=O) groups excluding carboxylic acids is 1. The minimum absolute atomic E-state index is 0.0965. The van der Waals surface area contributed by atoms with Gasteiger partial charge in [-0.2, -0.15) is 0 Å². The summed E-state index contributed by atoms with van der Waals surface area (Å²) in [4.78, 5) is 19.9. The van der Waals surface area contributed by atoms with Gasteiger partial charge in [-0.1, -0.05) is 0 Å². The maximum absolute atomic E-state index is 13.7. The summed E-state index contributed by atoms with van der Waals surface area (Å²) in [7, 11) is 4.87. The van der Waals surface area contributed by atoms with Crippen LogP contribution in [0.3, 0.4) is 0 Å². The molecule has 8 nitrogen and oxygen atoms in total. The summed E-state index contributed by atoms with van der Waals surface area (Å²) >= 11 is 0. The summed E-state index contributed by atoms with van der Waals surface area (Å²) < 4.78 is 27.2. The van der Waals surface area contributed by atoms with Gasteiger partial charge in [0, 0.05) is 49.4 Å². The molecule has 3 aliphatic heterocycles. The second-order valence-electron chi connectivity index (χ2n) is 9.82. The molecule has 6 rings (SSSR count). The van der Waals surface area contributed by atoms with E-state index in [4.69, 9.17) is 23.7 Å². The van der Waals surface area contributed by atoms with E-state index in [0.29, 0.717) is 31.7 Å². The molecule has 186 valence electrons. The number of carbonyl (C=O) groups is 1. The Morgan fingerprint density at radius 2 is 2.03 bits per heavy atom. The number of aromatic amines is 1. The van der Waals surface area contributed by atoms with Gasteiger partial charge in [0.1, 0.15) is 18.0 Å². The van der Waals surface area contributed by atoms with Crippen LogP contribution in [0.4, 0.5) is 0 Å². The quantitative estimate of drug-likeness (QED) is 0.323. The van der Waals surface area contributed by atoms with E-state index in [0.717, 1.165) is 61.1 Å². The van der Waals surface area contributed by atoms with Gasteiger partial charge in [-0.25, -0.2) is 0 Å². The molecule has 2 saturated heterocycles. The molecule has 5 atom stereocenters. The Morgan fingerprint density at radius 3 is 2.82 bits per heavy atom. The largest absolute Gasteiger partial charge is 0.497 e. The molecule has 4 unspecified atom stereocenters. The Labute approximate surface area is 200 Å². The molecular formula is C26H36N2O6. The fourth-order valence-corrected chi connectivity index (χ4v) is 6.86. The van der Waals surface area contributed by atoms with Crippen LogP contribution in [-0.2, 0) is 35.6 Å². The van der Waals surface area contributed by atoms with Crippen molar-refractivity contribution in [3.63, 3.8) is 0 Å². The van der Waals surface area contributed by atoms with Crippen molar-refractivity contribution in [2.45, 2.75) is 37.1 Å². The minimum atomic E-state index is -0.687. The topological polar surface area (TPSA) is 82.3 Å². The Morgan fingerprint density at radius 1 is 1.18 bits per heavy atom. The van der Waals surface area contributed by atoms with Gasteiger partial charge in [-0.15, -0.1) is 0 Å². The van der Waals surface area contributed by atoms with E-state index >= 15 is 0 Å². The van der Waals surface area contributed by atoms with Crippen LogP contribution >= 0.6 is 0 Å². The summed E-state index contributed by atoms with van der Waals surface area (Å²) in [5, 5.41) is 1.15. The number of ether oxygens (including phenoxy) is 5. The summed E-state index contributed by atoms with van der Waals surface area (Å²) in [5.41, 5.74) is 2.65. The maximum Gasteiger partial charge on any atom is 0.319 e. The molecule has 0 spiro atoms. The molecule has 1 N–H and O–H groups in total. The molecule has 1 aromatic heterocycles. The van der Waals surface area contributed by atoms with E-state index in [1.807, 2.05) is 6.07 Å². The van der Waals surface area contributed by atoms with Gasteiger partial charge in [0.25, 0.3) is 0 Å². The minimum Gasteiger partial charge on any atom is -0.497 e. The van der Waals surface area contributed by atoms with Crippen LogP contribution in [0.15, 0.2) is 18.2 Å². The zero-order valence-corrected chi connectivity index (χ0v) is 20.4. The van der Waals surface area contributed by atoms with Gasteiger partial charge in [-0.3, -0.25) is 9.69 Å². The first-order chi connectivity index (χ1) is 16.6. The molecule has 1 aromatic carbocycles. The lowest BCUT2D eigenvalue weighted by molar-refractivity contribution is -0.163. The number of aromatic nitrogens is 1. The van der Waals surface area contributed by atoms with Gasteiger partial charge < -0.3 is 28.7 Å². The number of esters is 1. The fraction of sp³-hybridized carbons (Fsp3) is 0.654. The molecule has 4 aliphatic rings. The van der Waals surface area contributed by atoms with Crippen LogP contribution in [-0.4, -0.2) is 82.9 Å². The molecule has 1 saturated carbocycles. The third-order valence-corrected chi connectivity index (χ3v) is 8.07. The number of piperidine rings is 2. The highest BCUT2D eigenvalue weighted by Crippen LogP contribution is 2.55. The molecule has 2 aromatic rings. The standard InChI is InChI=1S/C26H36N2O6/c1-30-10-11-34-16-33-9-7-18-12-17-14-26(25(29)32-3)23-20(6-8-28(15-17)24(18)26)21-13-19(31-2)4-5-22(21)27-23/h4-5,13,17-18,24,27H,6-12,14-16H2,1-3H3/t17-,18?,24?,26?/m0/s1. The van der Waals surface area contributed by atoms with E-state index in [2.05, 4.69) is 22.0 Å². The van der Waals surface area contributed by atoms with Crippen molar-refractivity contribution in [3.8, 4) is 5.75 Å². The number of H-pyrrole nitrogens is 1. The summed E-state index contributed by atoms with van der Waals surface area (Å²) in [6.45, 7) is 3.95. The average molecular weight is 473 g/mol.